The van der Waals surface area contributed by atoms with Gasteiger partial charge in [0.2, 0.25) is 0 Å². The molecule has 0 saturated heterocycles. The summed E-state index contributed by atoms with van der Waals surface area (Å²) in [7, 11) is 0. The normalized spacial score (nSPS) is 49.4. The van der Waals surface area contributed by atoms with Crippen LogP contribution in [0.4, 0.5) is 0 Å². The van der Waals surface area contributed by atoms with Crippen LogP contribution in [-0.2, 0) is 0 Å². The molecule has 0 amide bonds. The van der Waals surface area contributed by atoms with E-state index in [1.54, 1.807) is 0 Å². The van der Waals surface area contributed by atoms with E-state index in [-0.39, 0.29) is 16.7 Å². The largest absolute Gasteiger partial charge is 0.390 e. The van der Waals surface area contributed by atoms with E-state index in [1.165, 1.54) is 18.4 Å². The Hall–Kier alpha value is -0.640. The quantitative estimate of drug-likeness (QED) is 0.516. The molecule has 4 aliphatic carbocycles. The molecule has 3 heteroatoms. The zero-order valence-electron chi connectivity index (χ0n) is 20.6. The molecule has 0 radical (unpaired) electrons. The van der Waals surface area contributed by atoms with Gasteiger partial charge in [-0.1, -0.05) is 59.8 Å². The number of aliphatic hydroxyl groups excluding tert-OH is 2. The van der Waals surface area contributed by atoms with Gasteiger partial charge in [0, 0.05) is 5.41 Å². The SMILES string of the molecule is CC(C)[C@@H](C)/C=C/[C@@H](C)[C@H]1CC[C@H]2C3=CCC4CC(O)C(O)C[C@]4(C)C3(O)CC[C@]12C. The lowest BCUT2D eigenvalue weighted by Gasteiger charge is -2.62. The van der Waals surface area contributed by atoms with Crippen LogP contribution >= 0.6 is 0 Å². The molecule has 0 aromatic carbocycles. The summed E-state index contributed by atoms with van der Waals surface area (Å²) in [6.45, 7) is 14.0. The first-order valence-electron chi connectivity index (χ1n) is 12.9. The van der Waals surface area contributed by atoms with Gasteiger partial charge in [0.05, 0.1) is 17.8 Å². The van der Waals surface area contributed by atoms with Gasteiger partial charge < -0.3 is 15.3 Å². The number of allylic oxidation sites excluding steroid dienone is 3. The highest BCUT2D eigenvalue weighted by molar-refractivity contribution is 5.35. The minimum atomic E-state index is -0.832. The standard InChI is InChI=1S/C28H46O3/c1-17(2)18(3)7-8-19(4)21-11-12-22-23-10-9-20-15-24(29)25(30)16-27(20,6)28(23,31)14-13-26(21,22)5/h7-8,10,17-22,24-25,29-31H,9,11-16H2,1-6H3/b8-7+/t18-,19+,20?,21+,22-,24?,25?,26+,27-,28?/m0/s1. The van der Waals surface area contributed by atoms with Gasteiger partial charge in [-0.2, -0.15) is 0 Å². The fourth-order valence-corrected chi connectivity index (χ4v) is 8.09. The van der Waals surface area contributed by atoms with Crippen LogP contribution in [0.5, 0.6) is 0 Å². The summed E-state index contributed by atoms with van der Waals surface area (Å²) < 4.78 is 0. The van der Waals surface area contributed by atoms with Crippen molar-refractivity contribution in [2.45, 2.75) is 104 Å². The molecular formula is C28H46O3. The number of fused-ring (bicyclic) bond motifs is 5. The molecule has 0 spiro atoms. The molecule has 0 heterocycles. The number of aliphatic hydroxyl groups is 3. The highest BCUT2D eigenvalue weighted by Crippen LogP contribution is 2.68. The van der Waals surface area contributed by atoms with Crippen molar-refractivity contribution in [1.29, 1.82) is 0 Å². The molecule has 4 aliphatic rings. The third-order valence-electron chi connectivity index (χ3n) is 10.8. The molecule has 10 atom stereocenters. The van der Waals surface area contributed by atoms with Crippen LogP contribution in [0.3, 0.4) is 0 Å². The number of hydrogen-bond donors (Lipinski definition) is 3. The monoisotopic (exact) mass is 430 g/mol. The van der Waals surface area contributed by atoms with Gasteiger partial charge >= 0.3 is 0 Å². The van der Waals surface area contributed by atoms with E-state index < -0.39 is 17.8 Å². The Morgan fingerprint density at radius 2 is 1.71 bits per heavy atom. The maximum absolute atomic E-state index is 12.2. The van der Waals surface area contributed by atoms with Crippen LogP contribution in [0.25, 0.3) is 0 Å². The summed E-state index contributed by atoms with van der Waals surface area (Å²) in [5.74, 6) is 3.18. The topological polar surface area (TPSA) is 60.7 Å². The van der Waals surface area contributed by atoms with E-state index in [0.29, 0.717) is 42.4 Å². The van der Waals surface area contributed by atoms with Gasteiger partial charge in [-0.3, -0.25) is 0 Å². The summed E-state index contributed by atoms with van der Waals surface area (Å²) in [4.78, 5) is 0. The van der Waals surface area contributed by atoms with Crippen molar-refractivity contribution >= 4 is 0 Å². The van der Waals surface area contributed by atoms with E-state index in [2.05, 4.69) is 59.8 Å². The fraction of sp³-hybridized carbons (Fsp3) is 0.857. The second kappa shape index (κ2) is 7.99. The highest BCUT2D eigenvalue weighted by Gasteiger charge is 2.65. The second-order valence-corrected chi connectivity index (χ2v) is 12.5. The molecule has 176 valence electrons. The summed E-state index contributed by atoms with van der Waals surface area (Å²) in [6, 6.07) is 0. The molecule has 0 aliphatic heterocycles. The van der Waals surface area contributed by atoms with Crippen molar-refractivity contribution in [2.75, 3.05) is 0 Å². The average molecular weight is 431 g/mol. The van der Waals surface area contributed by atoms with Crippen LogP contribution in [0.1, 0.15) is 86.5 Å². The van der Waals surface area contributed by atoms with Gasteiger partial charge in [-0.15, -0.1) is 0 Å². The molecule has 0 aromatic rings. The zero-order chi connectivity index (χ0) is 22.8. The first-order valence-corrected chi connectivity index (χ1v) is 12.9. The van der Waals surface area contributed by atoms with Crippen LogP contribution in [0.2, 0.25) is 0 Å². The first kappa shape index (κ1) is 23.5. The molecule has 31 heavy (non-hydrogen) atoms. The predicted octanol–water partition coefficient (Wildman–Crippen LogP) is 5.50. The Morgan fingerprint density at radius 1 is 1.00 bits per heavy atom. The molecule has 3 N–H and O–H groups in total. The third-order valence-corrected chi connectivity index (χ3v) is 10.8. The van der Waals surface area contributed by atoms with Crippen molar-refractivity contribution in [3.8, 4) is 0 Å². The minimum Gasteiger partial charge on any atom is -0.390 e. The van der Waals surface area contributed by atoms with Gasteiger partial charge in [-0.05, 0) is 91.4 Å². The van der Waals surface area contributed by atoms with Crippen molar-refractivity contribution in [2.24, 2.45) is 46.3 Å². The van der Waals surface area contributed by atoms with E-state index in [4.69, 9.17) is 0 Å². The van der Waals surface area contributed by atoms with E-state index in [1.807, 2.05) is 0 Å². The molecule has 0 bridgehead atoms. The lowest BCUT2D eigenvalue weighted by molar-refractivity contribution is -0.180. The Kier molecular flexibility index (Phi) is 6.06. The molecule has 3 saturated carbocycles. The van der Waals surface area contributed by atoms with Gasteiger partial charge in [0.25, 0.3) is 0 Å². The Morgan fingerprint density at radius 3 is 2.39 bits per heavy atom. The highest BCUT2D eigenvalue weighted by atomic mass is 16.3. The van der Waals surface area contributed by atoms with Crippen molar-refractivity contribution in [3.63, 3.8) is 0 Å². The number of hydrogen-bond acceptors (Lipinski definition) is 3. The summed E-state index contributed by atoms with van der Waals surface area (Å²) >= 11 is 0. The smallest absolute Gasteiger partial charge is 0.0916 e. The summed E-state index contributed by atoms with van der Waals surface area (Å²) in [6.07, 6.45) is 12.1. The minimum absolute atomic E-state index is 0.235. The van der Waals surface area contributed by atoms with Crippen LogP contribution < -0.4 is 0 Å². The summed E-state index contributed by atoms with van der Waals surface area (Å²) in [5, 5.41) is 33.0. The van der Waals surface area contributed by atoms with Gasteiger partial charge in [-0.25, -0.2) is 0 Å². The zero-order valence-corrected chi connectivity index (χ0v) is 20.6. The maximum Gasteiger partial charge on any atom is 0.0916 e. The summed E-state index contributed by atoms with van der Waals surface area (Å²) in [5.41, 5.74) is 0.339. The fourth-order valence-electron chi connectivity index (χ4n) is 8.09. The van der Waals surface area contributed by atoms with E-state index in [0.717, 1.165) is 19.3 Å². The second-order valence-electron chi connectivity index (χ2n) is 12.5. The maximum atomic E-state index is 12.2. The Bertz CT molecular complexity index is 741. The molecule has 0 aromatic heterocycles. The number of rotatable bonds is 4. The van der Waals surface area contributed by atoms with Crippen LogP contribution in [-0.4, -0.2) is 33.1 Å². The molecule has 4 unspecified atom stereocenters. The van der Waals surface area contributed by atoms with Crippen molar-refractivity contribution in [1.82, 2.24) is 0 Å². The first-order chi connectivity index (χ1) is 14.4. The predicted molar refractivity (Wildman–Crippen MR) is 126 cm³/mol. The van der Waals surface area contributed by atoms with Gasteiger partial charge in [0.1, 0.15) is 0 Å². The molecular weight excluding hydrogens is 384 g/mol. The Labute approximate surface area is 190 Å². The molecule has 3 nitrogen and oxygen atoms in total. The molecule has 3 fully saturated rings. The Balaban J connectivity index is 1.60. The van der Waals surface area contributed by atoms with Crippen molar-refractivity contribution in [3.05, 3.63) is 23.8 Å². The molecule has 4 rings (SSSR count). The van der Waals surface area contributed by atoms with Crippen LogP contribution in [0.15, 0.2) is 23.8 Å². The van der Waals surface area contributed by atoms with Crippen LogP contribution in [0, 0.1) is 46.3 Å². The van der Waals surface area contributed by atoms with E-state index >= 15 is 0 Å². The third kappa shape index (κ3) is 3.49. The lowest BCUT2D eigenvalue weighted by Crippen LogP contribution is -2.63. The van der Waals surface area contributed by atoms with Gasteiger partial charge in [0.15, 0.2) is 0 Å². The lowest BCUT2D eigenvalue weighted by atomic mass is 9.45. The van der Waals surface area contributed by atoms with Crippen molar-refractivity contribution < 1.29 is 15.3 Å². The average Bonchev–Trinajstić information content (AvgIpc) is 3.05. The van der Waals surface area contributed by atoms with E-state index in [9.17, 15) is 15.3 Å².